The van der Waals surface area contributed by atoms with E-state index in [9.17, 15) is 10.1 Å². The van der Waals surface area contributed by atoms with Gasteiger partial charge in [0, 0.05) is 0 Å². The van der Waals surface area contributed by atoms with E-state index >= 15 is 0 Å². The third-order valence-electron chi connectivity index (χ3n) is 2.93. The van der Waals surface area contributed by atoms with E-state index in [0.717, 1.165) is 16.7 Å². The van der Waals surface area contributed by atoms with E-state index in [1.165, 1.54) is 4.68 Å². The molecule has 0 atom stereocenters. The van der Waals surface area contributed by atoms with Crippen LogP contribution in [0.2, 0.25) is 0 Å². The van der Waals surface area contributed by atoms with E-state index in [4.69, 9.17) is 5.73 Å². The Morgan fingerprint density at radius 3 is 2.32 bits per heavy atom. The number of anilines is 1. The van der Waals surface area contributed by atoms with Crippen molar-refractivity contribution < 1.29 is 4.92 Å². The zero-order valence-corrected chi connectivity index (χ0v) is 11.2. The molecule has 1 heterocycles. The predicted octanol–water partition coefficient (Wildman–Crippen LogP) is 2.35. The molecule has 100 valence electrons. The van der Waals surface area contributed by atoms with Gasteiger partial charge in [-0.25, -0.2) is 4.68 Å². The molecule has 2 rings (SSSR count). The third kappa shape index (κ3) is 2.57. The summed E-state index contributed by atoms with van der Waals surface area (Å²) in [5.74, 6) is 0.0988. The van der Waals surface area contributed by atoms with Crippen molar-refractivity contribution in [2.45, 2.75) is 27.3 Å². The fraction of sp³-hybridized carbons (Fsp3) is 0.308. The number of hydrogen-bond acceptors (Lipinski definition) is 4. The molecular weight excluding hydrogens is 244 g/mol. The van der Waals surface area contributed by atoms with Crippen LogP contribution in [0.25, 0.3) is 0 Å². The number of aromatic nitrogens is 2. The number of aryl methyl sites for hydroxylation is 3. The summed E-state index contributed by atoms with van der Waals surface area (Å²) in [5, 5.41) is 15.0. The van der Waals surface area contributed by atoms with Crippen LogP contribution >= 0.6 is 0 Å². The zero-order valence-electron chi connectivity index (χ0n) is 11.2. The number of benzene rings is 1. The fourth-order valence-corrected chi connectivity index (χ4v) is 2.27. The Hall–Kier alpha value is -2.37. The SMILES string of the molecule is Cc1cc(C)cc(Cn2nc(C)c([N+](=O)[O-])c2N)c1. The zero-order chi connectivity index (χ0) is 14.2. The van der Waals surface area contributed by atoms with Crippen molar-refractivity contribution in [3.05, 3.63) is 50.7 Å². The molecule has 2 aromatic rings. The molecule has 6 nitrogen and oxygen atoms in total. The molecule has 1 aromatic heterocycles. The quantitative estimate of drug-likeness (QED) is 0.677. The molecule has 19 heavy (non-hydrogen) atoms. The topological polar surface area (TPSA) is 87.0 Å². The summed E-state index contributed by atoms with van der Waals surface area (Å²) in [5.41, 5.74) is 9.34. The van der Waals surface area contributed by atoms with E-state index < -0.39 is 4.92 Å². The van der Waals surface area contributed by atoms with Gasteiger partial charge in [0.15, 0.2) is 0 Å². The molecule has 0 bridgehead atoms. The van der Waals surface area contributed by atoms with Crippen LogP contribution in [0.5, 0.6) is 0 Å². The lowest BCUT2D eigenvalue weighted by molar-refractivity contribution is -0.384. The second-order valence-electron chi connectivity index (χ2n) is 4.73. The van der Waals surface area contributed by atoms with E-state index in [1.807, 2.05) is 26.0 Å². The minimum atomic E-state index is -0.490. The van der Waals surface area contributed by atoms with Gasteiger partial charge in [0.25, 0.3) is 0 Å². The van der Waals surface area contributed by atoms with Gasteiger partial charge in [-0.3, -0.25) is 10.1 Å². The first-order chi connectivity index (χ1) is 8.88. The predicted molar refractivity (Wildman–Crippen MR) is 73.0 cm³/mol. The highest BCUT2D eigenvalue weighted by atomic mass is 16.6. The molecular formula is C13H16N4O2. The highest BCUT2D eigenvalue weighted by Gasteiger charge is 2.22. The minimum Gasteiger partial charge on any atom is -0.378 e. The number of rotatable bonds is 3. The Morgan fingerprint density at radius 2 is 1.84 bits per heavy atom. The van der Waals surface area contributed by atoms with E-state index in [-0.39, 0.29) is 11.5 Å². The Kier molecular flexibility index (Phi) is 3.25. The second-order valence-corrected chi connectivity index (χ2v) is 4.73. The number of nitro groups is 1. The largest absolute Gasteiger partial charge is 0.378 e. The molecule has 6 heteroatoms. The molecule has 0 aliphatic rings. The first kappa shape index (κ1) is 13.1. The molecule has 0 saturated carbocycles. The molecule has 2 N–H and O–H groups in total. The highest BCUT2D eigenvalue weighted by molar-refractivity contribution is 5.56. The van der Waals surface area contributed by atoms with Crippen molar-refractivity contribution in [2.24, 2.45) is 0 Å². The van der Waals surface area contributed by atoms with Gasteiger partial charge in [-0.1, -0.05) is 29.3 Å². The minimum absolute atomic E-state index is 0.0988. The monoisotopic (exact) mass is 260 g/mol. The van der Waals surface area contributed by atoms with Crippen LogP contribution in [0.1, 0.15) is 22.4 Å². The Morgan fingerprint density at radius 1 is 1.26 bits per heavy atom. The first-order valence-electron chi connectivity index (χ1n) is 5.93. The lowest BCUT2D eigenvalue weighted by Gasteiger charge is -2.06. The molecule has 0 amide bonds. The Balaban J connectivity index is 2.39. The van der Waals surface area contributed by atoms with Crippen LogP contribution in [0.3, 0.4) is 0 Å². The summed E-state index contributed by atoms with van der Waals surface area (Å²) in [6, 6.07) is 6.12. The van der Waals surface area contributed by atoms with Crippen LogP contribution in [0.15, 0.2) is 18.2 Å². The summed E-state index contributed by atoms with van der Waals surface area (Å²) in [6.45, 7) is 6.04. The van der Waals surface area contributed by atoms with Gasteiger partial charge in [-0.15, -0.1) is 0 Å². The molecule has 0 aliphatic heterocycles. The molecule has 1 aromatic carbocycles. The van der Waals surface area contributed by atoms with Crippen LogP contribution in [-0.2, 0) is 6.54 Å². The van der Waals surface area contributed by atoms with Gasteiger partial charge in [-0.2, -0.15) is 5.10 Å². The molecule has 0 aliphatic carbocycles. The van der Waals surface area contributed by atoms with Gasteiger partial charge in [0.1, 0.15) is 5.69 Å². The van der Waals surface area contributed by atoms with Crippen molar-refractivity contribution in [3.8, 4) is 0 Å². The molecule has 0 unspecified atom stereocenters. The second kappa shape index (κ2) is 4.72. The fourth-order valence-electron chi connectivity index (χ4n) is 2.27. The normalized spacial score (nSPS) is 10.7. The van der Waals surface area contributed by atoms with Crippen molar-refractivity contribution in [1.29, 1.82) is 0 Å². The number of nitrogens with zero attached hydrogens (tertiary/aromatic N) is 3. The number of hydrogen-bond donors (Lipinski definition) is 1. The average Bonchev–Trinajstić information content (AvgIpc) is 2.52. The standard InChI is InChI=1S/C13H16N4O2/c1-8-4-9(2)6-11(5-8)7-16-13(14)12(17(18)19)10(3)15-16/h4-6H,7,14H2,1-3H3. The number of nitrogen functional groups attached to an aromatic ring is 1. The summed E-state index contributed by atoms with van der Waals surface area (Å²) < 4.78 is 1.47. The Labute approximate surface area is 111 Å². The van der Waals surface area contributed by atoms with Crippen LogP contribution in [0.4, 0.5) is 11.5 Å². The average molecular weight is 260 g/mol. The van der Waals surface area contributed by atoms with Gasteiger partial charge in [0.2, 0.25) is 5.82 Å². The van der Waals surface area contributed by atoms with Crippen LogP contribution < -0.4 is 5.73 Å². The molecule has 0 saturated heterocycles. The van der Waals surface area contributed by atoms with Gasteiger partial charge in [-0.05, 0) is 26.3 Å². The lowest BCUT2D eigenvalue weighted by Crippen LogP contribution is -2.07. The molecule has 0 radical (unpaired) electrons. The summed E-state index contributed by atoms with van der Waals surface area (Å²) >= 11 is 0. The van der Waals surface area contributed by atoms with Crippen molar-refractivity contribution in [3.63, 3.8) is 0 Å². The summed E-state index contributed by atoms with van der Waals surface area (Å²) in [4.78, 5) is 10.4. The van der Waals surface area contributed by atoms with Crippen LogP contribution in [0, 0.1) is 30.9 Å². The first-order valence-corrected chi connectivity index (χ1v) is 5.93. The van der Waals surface area contributed by atoms with Crippen LogP contribution in [-0.4, -0.2) is 14.7 Å². The van der Waals surface area contributed by atoms with Gasteiger partial charge < -0.3 is 5.73 Å². The van der Waals surface area contributed by atoms with Gasteiger partial charge in [0.05, 0.1) is 11.5 Å². The van der Waals surface area contributed by atoms with Crippen molar-refractivity contribution in [2.75, 3.05) is 5.73 Å². The maximum atomic E-state index is 10.9. The van der Waals surface area contributed by atoms with E-state index in [2.05, 4.69) is 11.2 Å². The summed E-state index contributed by atoms with van der Waals surface area (Å²) in [7, 11) is 0. The Bertz CT molecular complexity index is 626. The van der Waals surface area contributed by atoms with Crippen molar-refractivity contribution >= 4 is 11.5 Å². The molecule has 0 spiro atoms. The smallest absolute Gasteiger partial charge is 0.333 e. The number of nitrogens with two attached hydrogens (primary N) is 1. The van der Waals surface area contributed by atoms with E-state index in [1.54, 1.807) is 6.92 Å². The maximum absolute atomic E-state index is 10.9. The highest BCUT2D eigenvalue weighted by Crippen LogP contribution is 2.25. The van der Waals surface area contributed by atoms with E-state index in [0.29, 0.717) is 12.2 Å². The summed E-state index contributed by atoms with van der Waals surface area (Å²) in [6.07, 6.45) is 0. The van der Waals surface area contributed by atoms with Crippen molar-refractivity contribution in [1.82, 2.24) is 9.78 Å². The third-order valence-corrected chi connectivity index (χ3v) is 2.93. The maximum Gasteiger partial charge on any atom is 0.333 e. The van der Waals surface area contributed by atoms with Gasteiger partial charge >= 0.3 is 5.69 Å². The lowest BCUT2D eigenvalue weighted by atomic mass is 10.1. The molecule has 0 fully saturated rings.